The number of rotatable bonds is 28. The fraction of sp³-hybridized carbons (Fsp3) is 0.941. The Hall–Kier alpha value is -0.660. The van der Waals surface area contributed by atoms with Gasteiger partial charge in [-0.05, 0) is 25.7 Å². The van der Waals surface area contributed by atoms with Gasteiger partial charge >= 0.3 is 0 Å². The summed E-state index contributed by atoms with van der Waals surface area (Å²) in [6, 6.07) is 0. The molecule has 2 heteroatoms. The van der Waals surface area contributed by atoms with Crippen LogP contribution in [-0.4, -0.2) is 29.1 Å². The Bertz CT molecular complexity index is 460. The summed E-state index contributed by atoms with van der Waals surface area (Å²) in [6.45, 7) is 9.44. The van der Waals surface area contributed by atoms with E-state index in [1.807, 2.05) is 0 Å². The van der Waals surface area contributed by atoms with Crippen molar-refractivity contribution in [1.82, 2.24) is 9.80 Å². The average Bonchev–Trinajstić information content (AvgIpc) is 3.27. The number of unbranched alkanes of at least 4 members (excludes halogenated alkanes) is 22. The van der Waals surface area contributed by atoms with Crippen molar-refractivity contribution < 1.29 is 0 Å². The topological polar surface area (TPSA) is 6.48 Å². The lowest BCUT2D eigenvalue weighted by Gasteiger charge is -2.33. The maximum Gasteiger partial charge on any atom is 0.101 e. The van der Waals surface area contributed by atoms with Gasteiger partial charge in [-0.15, -0.1) is 0 Å². The minimum Gasteiger partial charge on any atom is -0.356 e. The summed E-state index contributed by atoms with van der Waals surface area (Å²) in [5, 5.41) is 0. The highest BCUT2D eigenvalue weighted by molar-refractivity contribution is 4.96. The molecule has 0 aromatic heterocycles. The predicted molar refractivity (Wildman–Crippen MR) is 163 cm³/mol. The van der Waals surface area contributed by atoms with Gasteiger partial charge in [0.1, 0.15) is 6.17 Å². The predicted octanol–water partition coefficient (Wildman–Crippen LogP) is 11.6. The van der Waals surface area contributed by atoms with Crippen LogP contribution in [0, 0.1) is 0 Å². The van der Waals surface area contributed by atoms with E-state index >= 15 is 0 Å². The first-order valence-corrected chi connectivity index (χ1v) is 17.0. The molecule has 1 heterocycles. The van der Waals surface area contributed by atoms with Crippen LogP contribution in [0.2, 0.25) is 0 Å². The molecule has 0 amide bonds. The molecule has 0 N–H and O–H groups in total. The molecule has 0 radical (unpaired) electrons. The molecular weight excluding hydrogens is 436 g/mol. The van der Waals surface area contributed by atoms with Crippen molar-refractivity contribution in [3.63, 3.8) is 0 Å². The second kappa shape index (κ2) is 26.0. The van der Waals surface area contributed by atoms with Crippen LogP contribution in [-0.2, 0) is 0 Å². The van der Waals surface area contributed by atoms with Crippen LogP contribution >= 0.6 is 0 Å². The van der Waals surface area contributed by atoms with Crippen LogP contribution < -0.4 is 0 Å². The van der Waals surface area contributed by atoms with Gasteiger partial charge in [0.25, 0.3) is 0 Å². The van der Waals surface area contributed by atoms with Crippen molar-refractivity contribution >= 4 is 0 Å². The quantitative estimate of drug-likeness (QED) is 0.0977. The molecule has 0 spiro atoms. The van der Waals surface area contributed by atoms with E-state index < -0.39 is 0 Å². The van der Waals surface area contributed by atoms with Crippen LogP contribution in [0.1, 0.15) is 188 Å². The Morgan fingerprint density at radius 2 is 0.667 bits per heavy atom. The number of hydrogen-bond donors (Lipinski definition) is 0. The zero-order chi connectivity index (χ0) is 25.9. The number of nitrogens with zero attached hydrogens (tertiary/aromatic N) is 2. The fourth-order valence-corrected chi connectivity index (χ4v) is 5.81. The Kier molecular flexibility index (Phi) is 24.1. The summed E-state index contributed by atoms with van der Waals surface area (Å²) in [4.78, 5) is 5.33. The molecule has 1 aliphatic heterocycles. The van der Waals surface area contributed by atoms with Gasteiger partial charge in [-0.3, -0.25) is 0 Å². The molecule has 2 nitrogen and oxygen atoms in total. The molecule has 1 aliphatic rings. The first kappa shape index (κ1) is 33.4. The molecule has 1 rings (SSSR count). The lowest BCUT2D eigenvalue weighted by atomic mass is 10.0. The molecule has 0 bridgehead atoms. The van der Waals surface area contributed by atoms with Gasteiger partial charge < -0.3 is 9.80 Å². The van der Waals surface area contributed by atoms with Crippen molar-refractivity contribution in [2.75, 3.05) is 13.1 Å². The molecule has 0 saturated heterocycles. The third-order valence-electron chi connectivity index (χ3n) is 8.32. The second-order valence-corrected chi connectivity index (χ2v) is 11.8. The largest absolute Gasteiger partial charge is 0.356 e. The van der Waals surface area contributed by atoms with Crippen molar-refractivity contribution in [2.24, 2.45) is 0 Å². The van der Waals surface area contributed by atoms with Gasteiger partial charge in [0.15, 0.2) is 0 Å². The third-order valence-corrected chi connectivity index (χ3v) is 8.32. The molecule has 1 unspecified atom stereocenters. The van der Waals surface area contributed by atoms with Gasteiger partial charge in [0, 0.05) is 25.5 Å². The molecule has 36 heavy (non-hydrogen) atoms. The van der Waals surface area contributed by atoms with Gasteiger partial charge in [0.2, 0.25) is 0 Å². The van der Waals surface area contributed by atoms with E-state index in [9.17, 15) is 0 Å². The standard InChI is InChI=1S/C34H68N2/c1-4-7-10-12-14-16-17-18-19-20-22-24-26-28-31-36-33-32-35(30-9-6-3)34(36)29-27-25-23-21-15-13-11-8-5-2/h32-34H,4-31H2,1-3H3. The van der Waals surface area contributed by atoms with Crippen molar-refractivity contribution in [2.45, 2.75) is 194 Å². The minimum atomic E-state index is 0.642. The van der Waals surface area contributed by atoms with Crippen molar-refractivity contribution in [1.29, 1.82) is 0 Å². The summed E-state index contributed by atoms with van der Waals surface area (Å²) in [7, 11) is 0. The molecule has 214 valence electrons. The van der Waals surface area contributed by atoms with Gasteiger partial charge in [-0.2, -0.15) is 0 Å². The minimum absolute atomic E-state index is 0.642. The Labute approximate surface area is 229 Å². The van der Waals surface area contributed by atoms with Crippen LogP contribution in [0.3, 0.4) is 0 Å². The zero-order valence-electron chi connectivity index (χ0n) is 25.4. The van der Waals surface area contributed by atoms with Gasteiger partial charge in [-0.1, -0.05) is 162 Å². The summed E-state index contributed by atoms with van der Waals surface area (Å²) < 4.78 is 0. The lowest BCUT2D eigenvalue weighted by molar-refractivity contribution is 0.136. The number of hydrogen-bond acceptors (Lipinski definition) is 2. The van der Waals surface area contributed by atoms with E-state index in [2.05, 4.69) is 43.0 Å². The first-order valence-electron chi connectivity index (χ1n) is 17.0. The monoisotopic (exact) mass is 505 g/mol. The molecule has 0 aliphatic carbocycles. The highest BCUT2D eigenvalue weighted by Crippen LogP contribution is 2.23. The Morgan fingerprint density at radius 1 is 0.361 bits per heavy atom. The van der Waals surface area contributed by atoms with Crippen LogP contribution in [0.5, 0.6) is 0 Å². The SMILES string of the molecule is CCCCCCCCCCCCCCCCN1C=CN(CCCC)C1CCCCCCCCCCC. The fourth-order valence-electron chi connectivity index (χ4n) is 5.81. The molecule has 0 saturated carbocycles. The van der Waals surface area contributed by atoms with Crippen LogP contribution in [0.15, 0.2) is 12.4 Å². The highest BCUT2D eigenvalue weighted by Gasteiger charge is 2.24. The molecule has 0 fully saturated rings. The summed E-state index contributed by atoms with van der Waals surface area (Å²) in [5.74, 6) is 0. The van der Waals surface area contributed by atoms with Crippen molar-refractivity contribution in [3.05, 3.63) is 12.4 Å². The summed E-state index contributed by atoms with van der Waals surface area (Å²) >= 11 is 0. The maximum atomic E-state index is 2.68. The summed E-state index contributed by atoms with van der Waals surface area (Å²) in [5.41, 5.74) is 0. The smallest absolute Gasteiger partial charge is 0.101 e. The molecule has 1 atom stereocenters. The van der Waals surface area contributed by atoms with Gasteiger partial charge in [0.05, 0.1) is 0 Å². The normalized spacial score (nSPS) is 15.5. The van der Waals surface area contributed by atoms with Crippen molar-refractivity contribution in [3.8, 4) is 0 Å². The zero-order valence-corrected chi connectivity index (χ0v) is 25.4. The Balaban J connectivity index is 2.07. The molecule has 0 aromatic carbocycles. The van der Waals surface area contributed by atoms with E-state index in [1.165, 1.54) is 180 Å². The summed E-state index contributed by atoms with van der Waals surface area (Å²) in [6.07, 6.45) is 42.6. The lowest BCUT2D eigenvalue weighted by Crippen LogP contribution is -2.39. The van der Waals surface area contributed by atoms with E-state index in [1.54, 1.807) is 0 Å². The van der Waals surface area contributed by atoms with Crippen LogP contribution in [0.4, 0.5) is 0 Å². The van der Waals surface area contributed by atoms with Crippen LogP contribution in [0.25, 0.3) is 0 Å². The third kappa shape index (κ3) is 18.6. The highest BCUT2D eigenvalue weighted by atomic mass is 15.4. The van der Waals surface area contributed by atoms with E-state index in [0.29, 0.717) is 6.17 Å². The molecular formula is C34H68N2. The maximum absolute atomic E-state index is 2.68. The Morgan fingerprint density at radius 3 is 1.06 bits per heavy atom. The second-order valence-electron chi connectivity index (χ2n) is 11.8. The van der Waals surface area contributed by atoms with E-state index in [-0.39, 0.29) is 0 Å². The van der Waals surface area contributed by atoms with E-state index in [0.717, 1.165) is 0 Å². The average molecular weight is 505 g/mol. The first-order chi connectivity index (χ1) is 17.8. The van der Waals surface area contributed by atoms with Gasteiger partial charge in [-0.25, -0.2) is 0 Å². The molecule has 0 aromatic rings. The van der Waals surface area contributed by atoms with E-state index in [4.69, 9.17) is 0 Å².